The van der Waals surface area contributed by atoms with Crippen molar-refractivity contribution < 1.29 is 23.4 Å². The first-order valence-electron chi connectivity index (χ1n) is 10.1. The second kappa shape index (κ2) is 11.3. The zero-order chi connectivity index (χ0) is 21.7. The number of carbonyl (C=O) groups is 1. The van der Waals surface area contributed by atoms with Gasteiger partial charge in [-0.05, 0) is 79.8 Å². The molecule has 0 saturated carbocycles. The average molecular weight is 452 g/mol. The van der Waals surface area contributed by atoms with Gasteiger partial charge in [0.1, 0.15) is 18.2 Å². The summed E-state index contributed by atoms with van der Waals surface area (Å²) in [6.07, 6.45) is 3.21. The van der Waals surface area contributed by atoms with Crippen molar-refractivity contribution in [3.05, 3.63) is 76.5 Å². The summed E-state index contributed by atoms with van der Waals surface area (Å²) in [6.45, 7) is 6.06. The maximum atomic E-state index is 13.6. The standard InChI is InChI=1S/C24H27F2NO3.ClH/c1-16-12-19(25)5-7-21(16)23(22-8-6-20(26)13-17(22)2)15-30-11-10-27-9-3-4-18(14-27)24(28)29;/h5-8,12-13,15,18H,3-4,9-11,14H2,1-2H3,(H,28,29);1H/t18-;/m1./s1. The number of halogens is 3. The lowest BCUT2D eigenvalue weighted by atomic mass is 9.92. The minimum absolute atomic E-state index is 0. The van der Waals surface area contributed by atoms with Crippen molar-refractivity contribution in [3.8, 4) is 0 Å². The zero-order valence-corrected chi connectivity index (χ0v) is 18.6. The molecule has 1 N–H and O–H groups in total. The fraction of sp³-hybridized carbons (Fsp3) is 0.375. The van der Waals surface area contributed by atoms with Crippen molar-refractivity contribution in [2.45, 2.75) is 26.7 Å². The van der Waals surface area contributed by atoms with Crippen molar-refractivity contribution in [1.82, 2.24) is 4.90 Å². The van der Waals surface area contributed by atoms with E-state index in [2.05, 4.69) is 4.90 Å². The van der Waals surface area contributed by atoms with E-state index >= 15 is 0 Å². The smallest absolute Gasteiger partial charge is 0.307 e. The molecular formula is C24H28ClF2NO3. The number of carboxylic acid groups (broad SMARTS) is 1. The maximum absolute atomic E-state index is 13.6. The van der Waals surface area contributed by atoms with Crippen LogP contribution in [0.3, 0.4) is 0 Å². The zero-order valence-electron chi connectivity index (χ0n) is 17.7. The minimum atomic E-state index is -0.749. The molecule has 2 aromatic rings. The molecule has 168 valence electrons. The number of carboxylic acids is 1. The van der Waals surface area contributed by atoms with E-state index in [4.69, 9.17) is 4.74 Å². The van der Waals surface area contributed by atoms with Crippen LogP contribution in [0.1, 0.15) is 35.1 Å². The van der Waals surface area contributed by atoms with Gasteiger partial charge in [0.15, 0.2) is 0 Å². The van der Waals surface area contributed by atoms with Crippen molar-refractivity contribution in [2.75, 3.05) is 26.2 Å². The van der Waals surface area contributed by atoms with Gasteiger partial charge in [-0.2, -0.15) is 0 Å². The average Bonchev–Trinajstić information content (AvgIpc) is 2.70. The van der Waals surface area contributed by atoms with Crippen LogP contribution in [0.4, 0.5) is 8.78 Å². The van der Waals surface area contributed by atoms with Crippen LogP contribution in [-0.2, 0) is 9.53 Å². The van der Waals surface area contributed by atoms with Gasteiger partial charge in [-0.1, -0.05) is 12.1 Å². The van der Waals surface area contributed by atoms with Crippen molar-refractivity contribution >= 4 is 23.9 Å². The van der Waals surface area contributed by atoms with E-state index in [0.717, 1.165) is 40.8 Å². The molecule has 1 saturated heterocycles. The molecule has 1 atom stereocenters. The van der Waals surface area contributed by atoms with E-state index < -0.39 is 5.97 Å². The van der Waals surface area contributed by atoms with Crippen molar-refractivity contribution in [1.29, 1.82) is 0 Å². The first-order valence-corrected chi connectivity index (χ1v) is 10.1. The molecule has 1 fully saturated rings. The predicted molar refractivity (Wildman–Crippen MR) is 119 cm³/mol. The van der Waals surface area contributed by atoms with E-state index in [1.54, 1.807) is 18.4 Å². The normalized spacial score (nSPS) is 16.3. The molecule has 31 heavy (non-hydrogen) atoms. The summed E-state index contributed by atoms with van der Waals surface area (Å²) in [5, 5.41) is 9.22. The van der Waals surface area contributed by atoms with Crippen LogP contribution < -0.4 is 0 Å². The summed E-state index contributed by atoms with van der Waals surface area (Å²) in [6, 6.07) is 9.11. The molecule has 0 unspecified atom stereocenters. The third-order valence-corrected chi connectivity index (χ3v) is 5.54. The number of aryl methyl sites for hydroxylation is 2. The van der Waals surface area contributed by atoms with Gasteiger partial charge in [0, 0.05) is 18.7 Å². The van der Waals surface area contributed by atoms with Gasteiger partial charge in [-0.15, -0.1) is 12.4 Å². The Morgan fingerprint density at radius 2 is 1.71 bits per heavy atom. The van der Waals surface area contributed by atoms with Crippen LogP contribution in [0.5, 0.6) is 0 Å². The molecular weight excluding hydrogens is 424 g/mol. The molecule has 1 aliphatic rings. The second-order valence-corrected chi connectivity index (χ2v) is 7.80. The van der Waals surface area contributed by atoms with E-state index in [0.29, 0.717) is 26.1 Å². The first-order chi connectivity index (χ1) is 14.3. The summed E-state index contributed by atoms with van der Waals surface area (Å²) < 4.78 is 33.0. The molecule has 0 bridgehead atoms. The highest BCUT2D eigenvalue weighted by Gasteiger charge is 2.25. The molecule has 0 spiro atoms. The second-order valence-electron chi connectivity index (χ2n) is 7.80. The lowest BCUT2D eigenvalue weighted by Crippen LogP contribution is -2.40. The highest BCUT2D eigenvalue weighted by Crippen LogP contribution is 2.29. The Kier molecular flexibility index (Phi) is 9.01. The number of hydrogen-bond donors (Lipinski definition) is 1. The number of likely N-dealkylation sites (tertiary alicyclic amines) is 1. The third kappa shape index (κ3) is 6.52. The lowest BCUT2D eigenvalue weighted by molar-refractivity contribution is -0.143. The van der Waals surface area contributed by atoms with Crippen LogP contribution >= 0.6 is 12.4 Å². The summed E-state index contributed by atoms with van der Waals surface area (Å²) in [4.78, 5) is 13.3. The Morgan fingerprint density at radius 1 is 1.13 bits per heavy atom. The number of hydrogen-bond acceptors (Lipinski definition) is 3. The van der Waals surface area contributed by atoms with E-state index in [-0.39, 0.29) is 30.0 Å². The summed E-state index contributed by atoms with van der Waals surface area (Å²) in [5.41, 5.74) is 3.90. The molecule has 2 aromatic carbocycles. The predicted octanol–water partition coefficient (Wildman–Crippen LogP) is 5.21. The van der Waals surface area contributed by atoms with Gasteiger partial charge in [0.25, 0.3) is 0 Å². The van der Waals surface area contributed by atoms with E-state index in [1.165, 1.54) is 24.3 Å². The molecule has 0 aliphatic carbocycles. The number of aliphatic carboxylic acids is 1. The molecule has 0 aromatic heterocycles. The molecule has 0 radical (unpaired) electrons. The van der Waals surface area contributed by atoms with Gasteiger partial charge in [-0.3, -0.25) is 9.69 Å². The largest absolute Gasteiger partial charge is 0.499 e. The Hall–Kier alpha value is -2.44. The van der Waals surface area contributed by atoms with Crippen LogP contribution in [0.15, 0.2) is 42.7 Å². The van der Waals surface area contributed by atoms with Gasteiger partial charge < -0.3 is 9.84 Å². The van der Waals surface area contributed by atoms with Crippen molar-refractivity contribution in [2.24, 2.45) is 5.92 Å². The maximum Gasteiger partial charge on any atom is 0.307 e. The monoisotopic (exact) mass is 451 g/mol. The highest BCUT2D eigenvalue weighted by atomic mass is 35.5. The van der Waals surface area contributed by atoms with Crippen LogP contribution in [-0.4, -0.2) is 42.2 Å². The van der Waals surface area contributed by atoms with Gasteiger partial charge in [0.2, 0.25) is 0 Å². The Labute approximate surface area is 187 Å². The summed E-state index contributed by atoms with van der Waals surface area (Å²) in [5.74, 6) is -1.70. The highest BCUT2D eigenvalue weighted by molar-refractivity contribution is 5.85. The Balaban J connectivity index is 0.00000341. The molecule has 0 amide bonds. The lowest BCUT2D eigenvalue weighted by Gasteiger charge is -2.30. The van der Waals surface area contributed by atoms with E-state index in [1.807, 2.05) is 13.8 Å². The quantitative estimate of drug-likeness (QED) is 0.464. The van der Waals surface area contributed by atoms with Gasteiger partial charge in [-0.25, -0.2) is 8.78 Å². The van der Waals surface area contributed by atoms with E-state index in [9.17, 15) is 18.7 Å². The van der Waals surface area contributed by atoms with Crippen molar-refractivity contribution in [3.63, 3.8) is 0 Å². The van der Waals surface area contributed by atoms with Crippen LogP contribution in [0.25, 0.3) is 5.57 Å². The molecule has 7 heteroatoms. The fourth-order valence-corrected chi connectivity index (χ4v) is 3.91. The molecule has 4 nitrogen and oxygen atoms in total. The minimum Gasteiger partial charge on any atom is -0.499 e. The number of rotatable bonds is 7. The molecule has 1 heterocycles. The summed E-state index contributed by atoms with van der Waals surface area (Å²) in [7, 11) is 0. The number of ether oxygens (including phenoxy) is 1. The Bertz CT molecular complexity index is 895. The van der Waals surface area contributed by atoms with Crippen LogP contribution in [0.2, 0.25) is 0 Å². The van der Waals surface area contributed by atoms with Crippen LogP contribution in [0, 0.1) is 31.4 Å². The fourth-order valence-electron chi connectivity index (χ4n) is 3.91. The Morgan fingerprint density at radius 3 is 2.23 bits per heavy atom. The first kappa shape index (κ1) is 24.8. The SMILES string of the molecule is Cc1cc(F)ccc1C(=COCCN1CCC[C@@H](C(=O)O)C1)c1ccc(F)cc1C.Cl. The number of nitrogens with zero attached hydrogens (tertiary/aromatic N) is 1. The molecule has 3 rings (SSSR count). The van der Waals surface area contributed by atoms with Gasteiger partial charge in [0.05, 0.1) is 12.2 Å². The summed E-state index contributed by atoms with van der Waals surface area (Å²) >= 11 is 0. The third-order valence-electron chi connectivity index (χ3n) is 5.54. The van der Waals surface area contributed by atoms with Gasteiger partial charge >= 0.3 is 5.97 Å². The molecule has 1 aliphatic heterocycles. The number of benzene rings is 2. The topological polar surface area (TPSA) is 49.8 Å². The number of piperidine rings is 1.